The quantitative estimate of drug-likeness (QED) is 0.139. The van der Waals surface area contributed by atoms with Gasteiger partial charge in [-0.2, -0.15) is 0 Å². The van der Waals surface area contributed by atoms with Crippen LogP contribution in [-0.4, -0.2) is 13.1 Å². The van der Waals surface area contributed by atoms with Gasteiger partial charge in [0.15, 0.2) is 11.5 Å². The standard InChI is InChI=1S/C28H18O8/c1-32-23-13-19-14-25(33-20-10-8-18-9-12-27(30)34-21(18)15-20)28(31)36-22(19)16-24(23)35-26(29)11-7-17-5-3-2-4-6-17/h2-16H,1H3/b11-7+. The zero-order chi connectivity index (χ0) is 25.1. The lowest BCUT2D eigenvalue weighted by Gasteiger charge is -2.10. The summed E-state index contributed by atoms with van der Waals surface area (Å²) < 4.78 is 27.0. The summed E-state index contributed by atoms with van der Waals surface area (Å²) in [6, 6.07) is 21.5. The molecule has 0 bridgehead atoms. The van der Waals surface area contributed by atoms with Crippen LogP contribution in [-0.2, 0) is 4.79 Å². The molecule has 0 atom stereocenters. The van der Waals surface area contributed by atoms with Crippen LogP contribution < -0.4 is 25.5 Å². The molecule has 0 saturated carbocycles. The van der Waals surface area contributed by atoms with Crippen molar-refractivity contribution in [2.24, 2.45) is 0 Å². The third kappa shape index (κ3) is 4.88. The lowest BCUT2D eigenvalue weighted by Crippen LogP contribution is -2.06. The summed E-state index contributed by atoms with van der Waals surface area (Å²) in [6.07, 6.45) is 2.91. The van der Waals surface area contributed by atoms with Gasteiger partial charge < -0.3 is 23.0 Å². The van der Waals surface area contributed by atoms with Crippen molar-refractivity contribution in [3.63, 3.8) is 0 Å². The Morgan fingerprint density at radius 1 is 0.778 bits per heavy atom. The molecule has 2 aromatic heterocycles. The molecule has 0 aliphatic rings. The molecule has 5 aromatic rings. The van der Waals surface area contributed by atoms with E-state index >= 15 is 0 Å². The molecule has 0 N–H and O–H groups in total. The normalized spacial score (nSPS) is 11.1. The monoisotopic (exact) mass is 482 g/mol. The Hall–Kier alpha value is -5.11. The number of fused-ring (bicyclic) bond motifs is 2. The van der Waals surface area contributed by atoms with Gasteiger partial charge in [-0.1, -0.05) is 30.3 Å². The third-order valence-corrected chi connectivity index (χ3v) is 5.23. The molecule has 0 aliphatic heterocycles. The average molecular weight is 482 g/mol. The Morgan fingerprint density at radius 3 is 2.33 bits per heavy atom. The SMILES string of the molecule is COc1cc2cc(Oc3ccc4ccc(=O)oc4c3)c(=O)oc2cc1OC(=O)/C=C/c1ccccc1. The van der Waals surface area contributed by atoms with Crippen LogP contribution in [0.15, 0.2) is 103 Å². The molecule has 0 radical (unpaired) electrons. The fraction of sp³-hybridized carbons (Fsp3) is 0.0357. The summed E-state index contributed by atoms with van der Waals surface area (Å²) >= 11 is 0. The van der Waals surface area contributed by atoms with E-state index in [-0.39, 0.29) is 28.6 Å². The van der Waals surface area contributed by atoms with Gasteiger partial charge in [0.05, 0.1) is 7.11 Å². The van der Waals surface area contributed by atoms with Crippen molar-refractivity contribution in [3.05, 3.63) is 111 Å². The highest BCUT2D eigenvalue weighted by atomic mass is 16.6. The van der Waals surface area contributed by atoms with Gasteiger partial charge in [0.1, 0.15) is 16.9 Å². The molecule has 0 spiro atoms. The zero-order valence-corrected chi connectivity index (χ0v) is 18.9. The van der Waals surface area contributed by atoms with E-state index in [1.54, 1.807) is 30.3 Å². The predicted octanol–water partition coefficient (Wildman–Crippen LogP) is 5.32. The topological polar surface area (TPSA) is 105 Å². The minimum absolute atomic E-state index is 0.0854. The minimum Gasteiger partial charge on any atom is -0.493 e. The van der Waals surface area contributed by atoms with Gasteiger partial charge in [0.2, 0.25) is 5.75 Å². The van der Waals surface area contributed by atoms with Crippen LogP contribution in [0.4, 0.5) is 0 Å². The molecule has 0 saturated heterocycles. The van der Waals surface area contributed by atoms with Crippen LogP contribution in [0.25, 0.3) is 28.0 Å². The maximum atomic E-state index is 12.6. The maximum Gasteiger partial charge on any atom is 0.379 e. The zero-order valence-electron chi connectivity index (χ0n) is 18.9. The Bertz CT molecular complexity index is 1730. The minimum atomic E-state index is -0.747. The van der Waals surface area contributed by atoms with Crippen molar-refractivity contribution in [2.45, 2.75) is 0 Å². The van der Waals surface area contributed by atoms with Crippen molar-refractivity contribution >= 4 is 34.0 Å². The first-order valence-corrected chi connectivity index (χ1v) is 10.8. The van der Waals surface area contributed by atoms with Crippen LogP contribution in [0.1, 0.15) is 5.56 Å². The van der Waals surface area contributed by atoms with Gasteiger partial charge in [-0.15, -0.1) is 0 Å². The van der Waals surface area contributed by atoms with Crippen LogP contribution in [0.3, 0.4) is 0 Å². The van der Waals surface area contributed by atoms with Gasteiger partial charge in [0.25, 0.3) is 0 Å². The highest BCUT2D eigenvalue weighted by molar-refractivity contribution is 5.90. The lowest BCUT2D eigenvalue weighted by molar-refractivity contribution is -0.129. The van der Waals surface area contributed by atoms with E-state index in [0.29, 0.717) is 16.4 Å². The molecule has 0 fully saturated rings. The second-order valence-corrected chi connectivity index (χ2v) is 7.66. The van der Waals surface area contributed by atoms with E-state index < -0.39 is 17.2 Å². The molecule has 2 heterocycles. The predicted molar refractivity (Wildman–Crippen MR) is 133 cm³/mol. The van der Waals surface area contributed by atoms with Crippen molar-refractivity contribution in [2.75, 3.05) is 7.11 Å². The number of esters is 1. The highest BCUT2D eigenvalue weighted by Gasteiger charge is 2.15. The molecule has 0 unspecified atom stereocenters. The summed E-state index contributed by atoms with van der Waals surface area (Å²) in [5, 5.41) is 1.19. The smallest absolute Gasteiger partial charge is 0.379 e. The Balaban J connectivity index is 1.42. The summed E-state index contributed by atoms with van der Waals surface area (Å²) in [5.74, 6) is -0.0731. The number of benzene rings is 3. The third-order valence-electron chi connectivity index (χ3n) is 5.23. The first-order chi connectivity index (χ1) is 17.5. The molecule has 36 heavy (non-hydrogen) atoms. The van der Waals surface area contributed by atoms with Gasteiger partial charge in [0, 0.05) is 35.0 Å². The molecule has 178 valence electrons. The van der Waals surface area contributed by atoms with E-state index in [0.717, 1.165) is 5.56 Å². The van der Waals surface area contributed by atoms with E-state index in [1.807, 2.05) is 30.3 Å². The van der Waals surface area contributed by atoms with Crippen molar-refractivity contribution in [1.29, 1.82) is 0 Å². The summed E-state index contributed by atoms with van der Waals surface area (Å²) in [7, 11) is 1.43. The molecular formula is C28H18O8. The number of methoxy groups -OCH3 is 1. The molecule has 3 aromatic carbocycles. The fourth-order valence-corrected chi connectivity index (χ4v) is 3.52. The second-order valence-electron chi connectivity index (χ2n) is 7.66. The molecule has 5 rings (SSSR count). The Kier molecular flexibility index (Phi) is 6.07. The van der Waals surface area contributed by atoms with Crippen molar-refractivity contribution in [3.8, 4) is 23.0 Å². The van der Waals surface area contributed by atoms with Crippen LogP contribution in [0.2, 0.25) is 0 Å². The number of hydrogen-bond donors (Lipinski definition) is 0. The molecule has 8 heteroatoms. The van der Waals surface area contributed by atoms with E-state index in [4.69, 9.17) is 23.0 Å². The van der Waals surface area contributed by atoms with E-state index in [9.17, 15) is 14.4 Å². The van der Waals surface area contributed by atoms with Crippen LogP contribution >= 0.6 is 0 Å². The Labute approximate surface area is 203 Å². The van der Waals surface area contributed by atoms with Crippen LogP contribution in [0.5, 0.6) is 23.0 Å². The molecule has 8 nitrogen and oxygen atoms in total. The number of carbonyl (C=O) groups is 1. The lowest BCUT2D eigenvalue weighted by atomic mass is 10.2. The summed E-state index contributed by atoms with van der Waals surface area (Å²) in [4.78, 5) is 36.4. The first-order valence-electron chi connectivity index (χ1n) is 10.8. The second kappa shape index (κ2) is 9.63. The number of carbonyl (C=O) groups excluding carboxylic acids is 1. The van der Waals surface area contributed by atoms with Crippen LogP contribution in [0, 0.1) is 0 Å². The Morgan fingerprint density at radius 2 is 1.53 bits per heavy atom. The van der Waals surface area contributed by atoms with Gasteiger partial charge in [-0.05, 0) is 42.0 Å². The van der Waals surface area contributed by atoms with Gasteiger partial charge >= 0.3 is 17.2 Å². The van der Waals surface area contributed by atoms with Gasteiger partial charge in [-0.25, -0.2) is 14.4 Å². The molecular weight excluding hydrogens is 464 g/mol. The van der Waals surface area contributed by atoms with Gasteiger partial charge in [-0.3, -0.25) is 0 Å². The fourth-order valence-electron chi connectivity index (χ4n) is 3.52. The maximum absolute atomic E-state index is 12.6. The first kappa shape index (κ1) is 22.7. The highest BCUT2D eigenvalue weighted by Crippen LogP contribution is 2.34. The summed E-state index contributed by atoms with van der Waals surface area (Å²) in [5.41, 5.74) is 0.0895. The van der Waals surface area contributed by atoms with Crippen molar-refractivity contribution < 1.29 is 27.8 Å². The number of hydrogen-bond acceptors (Lipinski definition) is 8. The van der Waals surface area contributed by atoms with E-state index in [2.05, 4.69) is 0 Å². The molecule has 0 amide bonds. The van der Waals surface area contributed by atoms with Crippen molar-refractivity contribution in [1.82, 2.24) is 0 Å². The number of rotatable bonds is 6. The molecule has 0 aliphatic carbocycles. The van der Waals surface area contributed by atoms with E-state index in [1.165, 1.54) is 37.5 Å². The summed E-state index contributed by atoms with van der Waals surface area (Å²) in [6.45, 7) is 0. The largest absolute Gasteiger partial charge is 0.493 e. The number of ether oxygens (including phenoxy) is 3. The average Bonchev–Trinajstić information content (AvgIpc) is 2.88.